The highest BCUT2D eigenvalue weighted by Crippen LogP contribution is 2.30. The van der Waals surface area contributed by atoms with Gasteiger partial charge < -0.3 is 19.9 Å². The molecule has 0 spiro atoms. The Labute approximate surface area is 137 Å². The number of hydrogen-bond donors (Lipinski definition) is 1. The van der Waals surface area contributed by atoms with Crippen LogP contribution in [-0.2, 0) is 4.74 Å². The zero-order valence-electron chi connectivity index (χ0n) is 13.4. The number of amides is 2. The van der Waals surface area contributed by atoms with E-state index in [9.17, 15) is 4.79 Å². The third-order valence-electron chi connectivity index (χ3n) is 3.54. The Hall–Kier alpha value is -1.46. The predicted octanol–water partition coefficient (Wildman–Crippen LogP) is 3.30. The fraction of sp³-hybridized carbons (Fsp3) is 0.562. The second kappa shape index (κ2) is 7.70. The van der Waals surface area contributed by atoms with Gasteiger partial charge in [-0.25, -0.2) is 4.79 Å². The molecule has 1 aliphatic heterocycles. The fourth-order valence-corrected chi connectivity index (χ4v) is 2.70. The van der Waals surface area contributed by atoms with Gasteiger partial charge in [0, 0.05) is 31.7 Å². The third-order valence-corrected chi connectivity index (χ3v) is 3.77. The number of rotatable bonds is 4. The molecule has 122 valence electrons. The van der Waals surface area contributed by atoms with E-state index in [1.165, 1.54) is 0 Å². The van der Waals surface area contributed by atoms with Gasteiger partial charge in [-0.3, -0.25) is 0 Å². The maximum absolute atomic E-state index is 12.3. The summed E-state index contributed by atoms with van der Waals surface area (Å²) in [6.07, 6.45) is 0. The average molecular weight is 326 g/mol. The number of hydrogen-bond acceptors (Lipinski definition) is 3. The number of nitrogens with zero attached hydrogens (tertiary/aromatic N) is 2. The molecule has 6 heteroatoms. The Bertz CT molecular complexity index is 516. The Kier molecular flexibility index (Phi) is 5.91. The first kappa shape index (κ1) is 16.9. The van der Waals surface area contributed by atoms with Gasteiger partial charge in [-0.1, -0.05) is 25.4 Å². The third kappa shape index (κ3) is 4.52. The number of halogens is 1. The minimum atomic E-state index is -0.120. The summed E-state index contributed by atoms with van der Waals surface area (Å²) < 4.78 is 5.38. The fourth-order valence-electron chi connectivity index (χ4n) is 2.53. The Morgan fingerprint density at radius 2 is 2.09 bits per heavy atom. The number of nitrogens with one attached hydrogen (secondary N) is 1. The van der Waals surface area contributed by atoms with Crippen LogP contribution in [0.1, 0.15) is 13.8 Å². The van der Waals surface area contributed by atoms with E-state index in [2.05, 4.69) is 24.1 Å². The van der Waals surface area contributed by atoms with Gasteiger partial charge >= 0.3 is 6.03 Å². The smallest absolute Gasteiger partial charge is 0.321 e. The number of morpholine rings is 1. The first-order chi connectivity index (χ1) is 10.5. The Balaban J connectivity index is 2.14. The number of anilines is 2. The molecular weight excluding hydrogens is 302 g/mol. The van der Waals surface area contributed by atoms with Gasteiger partial charge in [0.15, 0.2) is 0 Å². The van der Waals surface area contributed by atoms with Crippen molar-refractivity contribution in [2.75, 3.05) is 50.1 Å². The van der Waals surface area contributed by atoms with Crippen LogP contribution in [0.15, 0.2) is 18.2 Å². The lowest BCUT2D eigenvalue weighted by atomic mass is 10.2. The van der Waals surface area contributed by atoms with Crippen molar-refractivity contribution in [2.24, 2.45) is 5.92 Å². The minimum absolute atomic E-state index is 0.120. The molecule has 1 fully saturated rings. The van der Waals surface area contributed by atoms with Crippen LogP contribution in [0.5, 0.6) is 0 Å². The van der Waals surface area contributed by atoms with Crippen molar-refractivity contribution < 1.29 is 9.53 Å². The number of urea groups is 1. The molecule has 1 aromatic rings. The molecule has 0 aromatic heterocycles. The van der Waals surface area contributed by atoms with Crippen molar-refractivity contribution in [3.05, 3.63) is 23.2 Å². The Morgan fingerprint density at radius 1 is 1.41 bits per heavy atom. The second-order valence-corrected chi connectivity index (χ2v) is 6.40. The zero-order valence-corrected chi connectivity index (χ0v) is 14.2. The first-order valence-corrected chi connectivity index (χ1v) is 7.99. The lowest BCUT2D eigenvalue weighted by molar-refractivity contribution is 0.123. The van der Waals surface area contributed by atoms with Crippen molar-refractivity contribution in [1.29, 1.82) is 0 Å². The van der Waals surface area contributed by atoms with Gasteiger partial charge in [0.2, 0.25) is 0 Å². The summed E-state index contributed by atoms with van der Waals surface area (Å²) in [5.41, 5.74) is 1.73. The highest BCUT2D eigenvalue weighted by Gasteiger charge is 2.18. The largest absolute Gasteiger partial charge is 0.378 e. The van der Waals surface area contributed by atoms with E-state index >= 15 is 0 Å². The highest BCUT2D eigenvalue weighted by atomic mass is 35.5. The molecule has 1 aromatic carbocycles. The molecule has 1 heterocycles. The van der Waals surface area contributed by atoms with Crippen molar-refractivity contribution in [3.63, 3.8) is 0 Å². The van der Waals surface area contributed by atoms with E-state index in [0.29, 0.717) is 30.7 Å². The molecule has 0 aliphatic carbocycles. The summed E-state index contributed by atoms with van der Waals surface area (Å²) in [7, 11) is 1.80. The second-order valence-electron chi connectivity index (χ2n) is 5.97. The molecule has 1 saturated heterocycles. The van der Waals surface area contributed by atoms with Crippen LogP contribution >= 0.6 is 11.6 Å². The van der Waals surface area contributed by atoms with Gasteiger partial charge in [0.25, 0.3) is 0 Å². The van der Waals surface area contributed by atoms with Crippen LogP contribution in [0.3, 0.4) is 0 Å². The number of carbonyl (C=O) groups excluding carboxylic acids is 1. The minimum Gasteiger partial charge on any atom is -0.378 e. The van der Waals surface area contributed by atoms with Gasteiger partial charge in [-0.05, 0) is 24.1 Å². The summed E-state index contributed by atoms with van der Waals surface area (Å²) in [6.45, 7) is 7.90. The summed E-state index contributed by atoms with van der Waals surface area (Å²) in [4.78, 5) is 16.2. The van der Waals surface area contributed by atoms with Crippen LogP contribution in [-0.4, -0.2) is 50.8 Å². The van der Waals surface area contributed by atoms with E-state index in [0.717, 1.165) is 24.5 Å². The number of carbonyl (C=O) groups is 1. The van der Waals surface area contributed by atoms with Gasteiger partial charge in [0.05, 0.1) is 24.6 Å². The Morgan fingerprint density at radius 3 is 2.73 bits per heavy atom. The monoisotopic (exact) mass is 325 g/mol. The van der Waals surface area contributed by atoms with Gasteiger partial charge in [-0.2, -0.15) is 0 Å². The highest BCUT2D eigenvalue weighted by molar-refractivity contribution is 6.31. The zero-order chi connectivity index (χ0) is 16.1. The summed E-state index contributed by atoms with van der Waals surface area (Å²) in [6, 6.07) is 5.48. The number of benzene rings is 1. The quantitative estimate of drug-likeness (QED) is 0.923. The molecular formula is C16H24ClN3O2. The molecule has 0 bridgehead atoms. The van der Waals surface area contributed by atoms with Crippen LogP contribution < -0.4 is 10.2 Å². The lowest BCUT2D eigenvalue weighted by Gasteiger charge is -2.31. The lowest BCUT2D eigenvalue weighted by Crippen LogP contribution is -2.38. The van der Waals surface area contributed by atoms with Gasteiger partial charge in [-0.15, -0.1) is 0 Å². The molecule has 0 unspecified atom stereocenters. The molecule has 2 amide bonds. The number of ether oxygens (including phenoxy) is 1. The van der Waals surface area contributed by atoms with Crippen LogP contribution in [0.4, 0.5) is 16.2 Å². The van der Waals surface area contributed by atoms with E-state index in [-0.39, 0.29) is 6.03 Å². The van der Waals surface area contributed by atoms with E-state index < -0.39 is 0 Å². The summed E-state index contributed by atoms with van der Waals surface area (Å²) in [5.74, 6) is 0.425. The molecule has 5 nitrogen and oxygen atoms in total. The van der Waals surface area contributed by atoms with Gasteiger partial charge in [0.1, 0.15) is 0 Å². The van der Waals surface area contributed by atoms with E-state index in [1.807, 2.05) is 12.1 Å². The molecule has 22 heavy (non-hydrogen) atoms. The molecule has 0 saturated carbocycles. The topological polar surface area (TPSA) is 44.8 Å². The van der Waals surface area contributed by atoms with Crippen molar-refractivity contribution in [1.82, 2.24) is 4.90 Å². The standard InChI is InChI=1S/C16H24ClN3O2/c1-12(2)11-19(3)16(21)18-14-10-13(17)4-5-15(14)20-6-8-22-9-7-20/h4-5,10,12H,6-9,11H2,1-3H3,(H,18,21). The molecule has 0 radical (unpaired) electrons. The molecule has 0 atom stereocenters. The summed E-state index contributed by atoms with van der Waals surface area (Å²) in [5, 5.41) is 3.58. The maximum Gasteiger partial charge on any atom is 0.321 e. The van der Waals surface area contributed by atoms with Crippen molar-refractivity contribution in [3.8, 4) is 0 Å². The van der Waals surface area contributed by atoms with Crippen LogP contribution in [0.25, 0.3) is 0 Å². The average Bonchev–Trinajstić information content (AvgIpc) is 2.47. The predicted molar refractivity (Wildman–Crippen MR) is 91.0 cm³/mol. The van der Waals surface area contributed by atoms with Crippen LogP contribution in [0, 0.1) is 5.92 Å². The van der Waals surface area contributed by atoms with Crippen molar-refractivity contribution >= 4 is 29.0 Å². The maximum atomic E-state index is 12.3. The van der Waals surface area contributed by atoms with Crippen molar-refractivity contribution in [2.45, 2.75) is 13.8 Å². The SMILES string of the molecule is CC(C)CN(C)C(=O)Nc1cc(Cl)ccc1N1CCOCC1. The normalized spacial score (nSPS) is 15.0. The van der Waals surface area contributed by atoms with E-state index in [4.69, 9.17) is 16.3 Å². The molecule has 2 rings (SSSR count). The summed E-state index contributed by atoms with van der Waals surface area (Å²) >= 11 is 6.09. The molecule has 1 aliphatic rings. The first-order valence-electron chi connectivity index (χ1n) is 7.61. The molecule has 1 N–H and O–H groups in total. The van der Waals surface area contributed by atoms with E-state index in [1.54, 1.807) is 18.0 Å². The van der Waals surface area contributed by atoms with Crippen LogP contribution in [0.2, 0.25) is 5.02 Å².